The van der Waals surface area contributed by atoms with Gasteiger partial charge in [0.15, 0.2) is 5.96 Å². The minimum absolute atomic E-state index is 0.162. The van der Waals surface area contributed by atoms with Crippen molar-refractivity contribution >= 4 is 11.9 Å². The molecule has 0 fully saturated rings. The van der Waals surface area contributed by atoms with Crippen molar-refractivity contribution in [3.05, 3.63) is 65.5 Å². The van der Waals surface area contributed by atoms with E-state index in [0.717, 1.165) is 5.56 Å². The van der Waals surface area contributed by atoms with Crippen LogP contribution >= 0.6 is 0 Å². The summed E-state index contributed by atoms with van der Waals surface area (Å²) in [5.74, 6) is 0.916. The number of hydrogen-bond acceptors (Lipinski definition) is 3. The van der Waals surface area contributed by atoms with Gasteiger partial charge < -0.3 is 20.3 Å². The number of carbonyl (C=O) groups is 1. The van der Waals surface area contributed by atoms with E-state index in [1.165, 1.54) is 12.1 Å². The first-order valence-electron chi connectivity index (χ1n) is 8.62. The highest BCUT2D eigenvalue weighted by molar-refractivity contribution is 5.94. The second kappa shape index (κ2) is 10.2. The van der Waals surface area contributed by atoms with Crippen molar-refractivity contribution in [3.63, 3.8) is 0 Å². The standard InChI is InChI=1S/C20H25FN4O2/c1-22-20(25(2)14-15-7-9-17(21)10-8-15)24-12-11-23-19(26)16-5-4-6-18(13-16)27-3/h4-10,13H,11-12,14H2,1-3H3,(H,22,24)(H,23,26). The topological polar surface area (TPSA) is 66.0 Å². The number of guanidine groups is 1. The highest BCUT2D eigenvalue weighted by atomic mass is 19.1. The summed E-state index contributed by atoms with van der Waals surface area (Å²) in [4.78, 5) is 18.3. The number of amides is 1. The fourth-order valence-electron chi connectivity index (χ4n) is 2.54. The number of benzene rings is 2. The van der Waals surface area contributed by atoms with E-state index in [9.17, 15) is 9.18 Å². The van der Waals surface area contributed by atoms with Gasteiger partial charge in [0.05, 0.1) is 7.11 Å². The summed E-state index contributed by atoms with van der Waals surface area (Å²) in [5, 5.41) is 6.05. The Hall–Kier alpha value is -3.09. The average Bonchev–Trinajstić information content (AvgIpc) is 2.69. The Labute approximate surface area is 159 Å². The minimum atomic E-state index is -0.254. The number of nitrogens with zero attached hydrogens (tertiary/aromatic N) is 2. The highest BCUT2D eigenvalue weighted by Gasteiger charge is 2.08. The van der Waals surface area contributed by atoms with Crippen LogP contribution in [-0.4, -0.2) is 51.1 Å². The molecule has 0 saturated carbocycles. The number of carbonyl (C=O) groups excluding carboxylic acids is 1. The molecule has 144 valence electrons. The number of rotatable bonds is 7. The van der Waals surface area contributed by atoms with E-state index in [4.69, 9.17) is 4.74 Å². The van der Waals surface area contributed by atoms with Gasteiger partial charge in [-0.25, -0.2) is 4.39 Å². The molecule has 1 amide bonds. The van der Waals surface area contributed by atoms with E-state index in [1.54, 1.807) is 50.6 Å². The Morgan fingerprint density at radius 3 is 2.52 bits per heavy atom. The summed E-state index contributed by atoms with van der Waals surface area (Å²) in [7, 11) is 5.15. The molecular weight excluding hydrogens is 347 g/mol. The molecule has 0 heterocycles. The number of nitrogens with one attached hydrogen (secondary N) is 2. The van der Waals surface area contributed by atoms with Gasteiger partial charge in [0.2, 0.25) is 0 Å². The van der Waals surface area contributed by atoms with Gasteiger partial charge in [0.25, 0.3) is 5.91 Å². The van der Waals surface area contributed by atoms with Crippen molar-refractivity contribution < 1.29 is 13.9 Å². The van der Waals surface area contributed by atoms with Crippen LogP contribution in [0.4, 0.5) is 4.39 Å². The van der Waals surface area contributed by atoms with E-state index in [1.807, 2.05) is 11.9 Å². The highest BCUT2D eigenvalue weighted by Crippen LogP contribution is 2.12. The number of halogens is 1. The van der Waals surface area contributed by atoms with Crippen LogP contribution in [0.15, 0.2) is 53.5 Å². The van der Waals surface area contributed by atoms with E-state index in [-0.39, 0.29) is 11.7 Å². The molecule has 0 spiro atoms. The normalized spacial score (nSPS) is 11.0. The van der Waals surface area contributed by atoms with Crippen LogP contribution < -0.4 is 15.4 Å². The maximum Gasteiger partial charge on any atom is 0.251 e. The zero-order valence-electron chi connectivity index (χ0n) is 15.8. The molecule has 0 saturated heterocycles. The third kappa shape index (κ3) is 6.29. The Bertz CT molecular complexity index is 778. The molecule has 7 heteroatoms. The lowest BCUT2D eigenvalue weighted by Crippen LogP contribution is -2.42. The third-order valence-corrected chi connectivity index (χ3v) is 3.93. The summed E-state index contributed by atoms with van der Waals surface area (Å²) in [6.07, 6.45) is 0. The number of aliphatic imine (C=N–C) groups is 1. The van der Waals surface area contributed by atoms with Crippen LogP contribution in [0.3, 0.4) is 0 Å². The molecule has 2 aromatic carbocycles. The van der Waals surface area contributed by atoms with E-state index < -0.39 is 0 Å². The Balaban J connectivity index is 1.78. The van der Waals surface area contributed by atoms with Crippen LogP contribution in [0.1, 0.15) is 15.9 Å². The molecule has 2 rings (SSSR count). The molecule has 0 aromatic heterocycles. The monoisotopic (exact) mass is 372 g/mol. The fraction of sp³-hybridized carbons (Fsp3) is 0.300. The fourth-order valence-corrected chi connectivity index (χ4v) is 2.54. The summed E-state index contributed by atoms with van der Waals surface area (Å²) in [6.45, 7) is 1.56. The zero-order valence-corrected chi connectivity index (χ0v) is 15.8. The summed E-state index contributed by atoms with van der Waals surface area (Å²) in [6, 6.07) is 13.4. The molecule has 0 unspecified atom stereocenters. The summed E-state index contributed by atoms with van der Waals surface area (Å²) < 4.78 is 18.1. The largest absolute Gasteiger partial charge is 0.497 e. The van der Waals surface area contributed by atoms with Crippen LogP contribution in [0, 0.1) is 5.82 Å². The lowest BCUT2D eigenvalue weighted by Gasteiger charge is -2.22. The molecular formula is C20H25FN4O2. The van der Waals surface area contributed by atoms with Crippen molar-refractivity contribution in [2.24, 2.45) is 4.99 Å². The molecule has 0 aliphatic carbocycles. The Kier molecular flexibility index (Phi) is 7.61. The second-order valence-corrected chi connectivity index (χ2v) is 5.94. The minimum Gasteiger partial charge on any atom is -0.497 e. The van der Waals surface area contributed by atoms with Crippen LogP contribution in [-0.2, 0) is 6.54 Å². The van der Waals surface area contributed by atoms with Gasteiger partial charge in [-0.3, -0.25) is 9.79 Å². The number of hydrogen-bond donors (Lipinski definition) is 2. The van der Waals surface area contributed by atoms with Crippen molar-refractivity contribution in [2.45, 2.75) is 6.54 Å². The first kappa shape index (κ1) is 20.2. The van der Waals surface area contributed by atoms with Gasteiger partial charge in [-0.05, 0) is 35.9 Å². The molecule has 0 bridgehead atoms. The molecule has 2 N–H and O–H groups in total. The molecule has 0 aliphatic rings. The van der Waals surface area contributed by atoms with Crippen LogP contribution in [0.5, 0.6) is 5.75 Å². The summed E-state index contributed by atoms with van der Waals surface area (Å²) >= 11 is 0. The van der Waals surface area contributed by atoms with Crippen molar-refractivity contribution in [1.82, 2.24) is 15.5 Å². The quantitative estimate of drug-likeness (QED) is 0.445. The van der Waals surface area contributed by atoms with E-state index in [2.05, 4.69) is 15.6 Å². The SMILES string of the molecule is CN=C(NCCNC(=O)c1cccc(OC)c1)N(C)Cc1ccc(F)cc1. The van der Waals surface area contributed by atoms with Gasteiger partial charge in [-0.1, -0.05) is 18.2 Å². The summed E-state index contributed by atoms with van der Waals surface area (Å²) in [5.41, 5.74) is 1.53. The Morgan fingerprint density at radius 2 is 1.85 bits per heavy atom. The number of ether oxygens (including phenoxy) is 1. The number of methoxy groups -OCH3 is 1. The molecule has 0 aliphatic heterocycles. The van der Waals surface area contributed by atoms with Crippen LogP contribution in [0.25, 0.3) is 0 Å². The smallest absolute Gasteiger partial charge is 0.251 e. The predicted octanol–water partition coefficient (Wildman–Crippen LogP) is 2.27. The Morgan fingerprint density at radius 1 is 1.15 bits per heavy atom. The lowest BCUT2D eigenvalue weighted by atomic mass is 10.2. The van der Waals surface area contributed by atoms with Gasteiger partial charge in [0, 0.05) is 39.3 Å². The van der Waals surface area contributed by atoms with Crippen LogP contribution in [0.2, 0.25) is 0 Å². The maximum absolute atomic E-state index is 13.0. The van der Waals surface area contributed by atoms with E-state index in [0.29, 0.717) is 36.9 Å². The molecule has 6 nitrogen and oxygen atoms in total. The third-order valence-electron chi connectivity index (χ3n) is 3.93. The first-order valence-corrected chi connectivity index (χ1v) is 8.62. The van der Waals surface area contributed by atoms with Gasteiger partial charge in [-0.15, -0.1) is 0 Å². The second-order valence-electron chi connectivity index (χ2n) is 5.94. The first-order chi connectivity index (χ1) is 13.0. The molecule has 27 heavy (non-hydrogen) atoms. The van der Waals surface area contributed by atoms with Gasteiger partial charge in [-0.2, -0.15) is 0 Å². The van der Waals surface area contributed by atoms with Crippen molar-refractivity contribution in [2.75, 3.05) is 34.3 Å². The predicted molar refractivity (Wildman–Crippen MR) is 105 cm³/mol. The average molecular weight is 372 g/mol. The van der Waals surface area contributed by atoms with Gasteiger partial charge >= 0.3 is 0 Å². The lowest BCUT2D eigenvalue weighted by molar-refractivity contribution is 0.0954. The zero-order chi connectivity index (χ0) is 19.6. The van der Waals surface area contributed by atoms with E-state index >= 15 is 0 Å². The van der Waals surface area contributed by atoms with Gasteiger partial charge in [0.1, 0.15) is 11.6 Å². The molecule has 0 atom stereocenters. The molecule has 0 radical (unpaired) electrons. The molecule has 2 aromatic rings. The van der Waals surface area contributed by atoms with Crippen molar-refractivity contribution in [1.29, 1.82) is 0 Å². The van der Waals surface area contributed by atoms with Crippen molar-refractivity contribution in [3.8, 4) is 5.75 Å². The maximum atomic E-state index is 13.0.